The highest BCUT2D eigenvalue weighted by Gasteiger charge is 2.44. The van der Waals surface area contributed by atoms with E-state index < -0.39 is 21.9 Å². The van der Waals surface area contributed by atoms with Gasteiger partial charge >= 0.3 is 6.03 Å². The minimum atomic E-state index is -3.47. The maximum atomic E-state index is 14.5. The van der Waals surface area contributed by atoms with Gasteiger partial charge in [-0.3, -0.25) is 9.52 Å². The maximum absolute atomic E-state index is 14.5. The van der Waals surface area contributed by atoms with Crippen molar-refractivity contribution < 1.29 is 28.0 Å². The summed E-state index contributed by atoms with van der Waals surface area (Å²) in [5, 5.41) is 0.746. The number of allylic oxidation sites excluding steroid dienone is 1. The van der Waals surface area contributed by atoms with Crippen LogP contribution < -0.4 is 14.4 Å². The highest BCUT2D eigenvalue weighted by Crippen LogP contribution is 2.47. The number of benzene rings is 2. The molecule has 2 saturated carbocycles. The van der Waals surface area contributed by atoms with Gasteiger partial charge in [0, 0.05) is 36.2 Å². The number of rotatable bonds is 4. The summed E-state index contributed by atoms with van der Waals surface area (Å²) in [6.45, 7) is 4.88. The van der Waals surface area contributed by atoms with Crippen molar-refractivity contribution in [2.24, 2.45) is 22.1 Å². The van der Waals surface area contributed by atoms with Crippen molar-refractivity contribution in [3.05, 3.63) is 70.3 Å². The number of nitrogens with zero attached hydrogens (tertiary/aromatic N) is 3. The summed E-state index contributed by atoms with van der Waals surface area (Å²) in [5.74, 6) is 0.775. The molecule has 51 heavy (non-hydrogen) atoms. The SMILES string of the molecule is CO[C@H]1/C=C\C[C@H](C)CS(=O)(NC(=O)N2CC(OC3CC3)C2)=NC(=O)c2ccc3c(c2)N(C[C@@H]2CC[C@H]21)C[C@@]1(CCCc2cc(Cl)ccc21)CO3. The third-order valence-corrected chi connectivity index (χ3v) is 14.0. The molecule has 0 radical (unpaired) electrons. The molecule has 6 aliphatic rings. The van der Waals surface area contributed by atoms with E-state index in [1.807, 2.05) is 25.1 Å². The van der Waals surface area contributed by atoms with Gasteiger partial charge in [-0.1, -0.05) is 36.7 Å². The highest BCUT2D eigenvalue weighted by molar-refractivity contribution is 7.92. The van der Waals surface area contributed by atoms with Crippen LogP contribution in [0.1, 0.15) is 73.4 Å². The van der Waals surface area contributed by atoms with Crippen molar-refractivity contribution >= 4 is 39.1 Å². The van der Waals surface area contributed by atoms with Crippen LogP contribution in [0.5, 0.6) is 5.75 Å². The maximum Gasteiger partial charge on any atom is 0.330 e. The molecule has 8 rings (SSSR count). The first-order valence-electron chi connectivity index (χ1n) is 18.6. The lowest BCUT2D eigenvalue weighted by atomic mass is 9.68. The number of carbonyl (C=O) groups excluding carboxylic acids is 2. The number of amides is 3. The minimum Gasteiger partial charge on any atom is -0.490 e. The molecule has 1 saturated heterocycles. The molecule has 2 bridgehead atoms. The van der Waals surface area contributed by atoms with Gasteiger partial charge in [0.1, 0.15) is 15.7 Å². The molecule has 1 unspecified atom stereocenters. The number of urea groups is 1. The third-order valence-electron chi connectivity index (χ3n) is 11.8. The van der Waals surface area contributed by atoms with Crippen LogP contribution in [0.15, 0.2) is 52.9 Å². The molecule has 3 amide bonds. The summed E-state index contributed by atoms with van der Waals surface area (Å²) in [6.07, 6.45) is 12.4. The number of nitrogens with one attached hydrogen (secondary N) is 1. The Hall–Kier alpha value is -3.12. The standard InChI is InChI=1S/C39H49ClN4O6S/c1-25-5-3-7-35(48-2)32-13-8-28(32)19-44-23-39(16-4-6-26-17-29(40)10-14-33(26)39)24-49-36-15-9-27(18-34(36)44)37(45)41-51(47,22-25)42-38(46)43-20-31(21-43)50-30-11-12-30/h3,7,9-10,14-15,17-18,25,28,30-32,35H,4-6,8,11-13,16,19-24H2,1-2H3,(H,41,42,45,46,47)/b7-3-/t25-,28-,32+,35-,39-,51?/m0/s1. The number of ether oxygens (including phenoxy) is 3. The van der Waals surface area contributed by atoms with E-state index in [2.05, 4.69) is 38.3 Å². The second-order valence-corrected chi connectivity index (χ2v) is 18.2. The summed E-state index contributed by atoms with van der Waals surface area (Å²) in [4.78, 5) is 31.3. The third kappa shape index (κ3) is 7.28. The van der Waals surface area contributed by atoms with E-state index in [1.54, 1.807) is 18.1 Å². The first-order chi connectivity index (χ1) is 24.6. The van der Waals surface area contributed by atoms with E-state index >= 15 is 0 Å². The Morgan fingerprint density at radius 3 is 2.71 bits per heavy atom. The molecule has 2 aromatic carbocycles. The van der Waals surface area contributed by atoms with E-state index in [0.29, 0.717) is 55.4 Å². The summed E-state index contributed by atoms with van der Waals surface area (Å²) in [5.41, 5.74) is 3.46. The monoisotopic (exact) mass is 736 g/mol. The fraction of sp³-hybridized carbons (Fsp3) is 0.590. The lowest BCUT2D eigenvalue weighted by Gasteiger charge is -2.46. The lowest BCUT2D eigenvalue weighted by Crippen LogP contribution is -2.58. The van der Waals surface area contributed by atoms with Crippen LogP contribution in [0.4, 0.5) is 10.5 Å². The topological polar surface area (TPSA) is 110 Å². The molecule has 12 heteroatoms. The Balaban J connectivity index is 1.14. The number of halogens is 1. The van der Waals surface area contributed by atoms with Crippen molar-refractivity contribution in [1.82, 2.24) is 9.62 Å². The van der Waals surface area contributed by atoms with Crippen molar-refractivity contribution in [3.8, 4) is 5.75 Å². The van der Waals surface area contributed by atoms with Gasteiger partial charge in [0.25, 0.3) is 5.91 Å². The number of anilines is 1. The molecular formula is C39H49ClN4O6S. The minimum absolute atomic E-state index is 0.00624. The van der Waals surface area contributed by atoms with Crippen LogP contribution in [0.25, 0.3) is 0 Å². The second kappa shape index (κ2) is 14.0. The Bertz CT molecular complexity index is 1840. The van der Waals surface area contributed by atoms with Crippen LogP contribution >= 0.6 is 11.6 Å². The number of aryl methyl sites for hydroxylation is 1. The zero-order chi connectivity index (χ0) is 35.3. The summed E-state index contributed by atoms with van der Waals surface area (Å²) in [7, 11) is -1.70. The Kier molecular flexibility index (Phi) is 9.61. The number of likely N-dealkylation sites (tertiary alicyclic amines) is 1. The Labute approximate surface area is 306 Å². The van der Waals surface area contributed by atoms with Crippen LogP contribution in [0, 0.1) is 17.8 Å². The van der Waals surface area contributed by atoms with Crippen molar-refractivity contribution in [2.45, 2.75) is 82.0 Å². The Morgan fingerprint density at radius 1 is 1.10 bits per heavy atom. The van der Waals surface area contributed by atoms with Gasteiger partial charge in [-0.15, -0.1) is 4.36 Å². The van der Waals surface area contributed by atoms with E-state index in [0.717, 1.165) is 68.7 Å². The van der Waals surface area contributed by atoms with Crippen LogP contribution in [-0.4, -0.2) is 85.0 Å². The smallest absolute Gasteiger partial charge is 0.330 e. The van der Waals surface area contributed by atoms with Gasteiger partial charge in [0.2, 0.25) is 0 Å². The molecule has 1 spiro atoms. The molecule has 1 N–H and O–H groups in total. The van der Waals surface area contributed by atoms with E-state index in [9.17, 15) is 13.8 Å². The first-order valence-corrected chi connectivity index (χ1v) is 20.7. The van der Waals surface area contributed by atoms with Gasteiger partial charge in [-0.25, -0.2) is 9.00 Å². The average Bonchev–Trinajstić information content (AvgIpc) is 3.90. The largest absolute Gasteiger partial charge is 0.490 e. The number of hydrogen-bond acceptors (Lipinski definition) is 7. The van der Waals surface area contributed by atoms with E-state index in [4.69, 9.17) is 25.8 Å². The highest BCUT2D eigenvalue weighted by atomic mass is 35.5. The zero-order valence-corrected chi connectivity index (χ0v) is 31.1. The quantitative estimate of drug-likeness (QED) is 0.355. The number of carbonyl (C=O) groups is 2. The summed E-state index contributed by atoms with van der Waals surface area (Å²) >= 11 is 6.46. The van der Waals surface area contributed by atoms with E-state index in [-0.39, 0.29) is 29.3 Å². The fourth-order valence-corrected chi connectivity index (χ4v) is 10.8. The van der Waals surface area contributed by atoms with Crippen molar-refractivity contribution in [3.63, 3.8) is 0 Å². The van der Waals surface area contributed by atoms with Crippen LogP contribution in [0.2, 0.25) is 5.02 Å². The molecule has 2 aromatic rings. The Morgan fingerprint density at radius 2 is 1.94 bits per heavy atom. The molecule has 3 fully saturated rings. The molecular weight excluding hydrogens is 688 g/mol. The molecule has 3 aliphatic carbocycles. The lowest BCUT2D eigenvalue weighted by molar-refractivity contribution is -0.0434. The summed E-state index contributed by atoms with van der Waals surface area (Å²) in [6, 6.07) is 11.2. The number of hydrogen-bond donors (Lipinski definition) is 1. The predicted molar refractivity (Wildman–Crippen MR) is 198 cm³/mol. The van der Waals surface area contributed by atoms with Gasteiger partial charge in [-0.2, -0.15) is 0 Å². The van der Waals surface area contributed by atoms with Crippen LogP contribution in [-0.2, 0) is 31.2 Å². The molecule has 3 heterocycles. The number of methoxy groups -OCH3 is 1. The van der Waals surface area contributed by atoms with Gasteiger partial charge < -0.3 is 24.0 Å². The molecule has 0 aromatic heterocycles. The van der Waals surface area contributed by atoms with Crippen LogP contribution in [0.3, 0.4) is 0 Å². The second-order valence-electron chi connectivity index (χ2n) is 15.7. The molecule has 6 atom stereocenters. The first kappa shape index (κ1) is 34.9. The molecule has 3 aliphatic heterocycles. The summed E-state index contributed by atoms with van der Waals surface area (Å²) < 4.78 is 40.1. The zero-order valence-electron chi connectivity index (χ0n) is 29.6. The average molecular weight is 737 g/mol. The van der Waals surface area contributed by atoms with E-state index in [1.165, 1.54) is 11.1 Å². The van der Waals surface area contributed by atoms with Crippen molar-refractivity contribution in [2.75, 3.05) is 50.5 Å². The fourth-order valence-electron chi connectivity index (χ4n) is 8.73. The van der Waals surface area contributed by atoms with Gasteiger partial charge in [0.05, 0.1) is 49.4 Å². The van der Waals surface area contributed by atoms with Gasteiger partial charge in [-0.05, 0) is 111 Å². The predicted octanol–water partition coefficient (Wildman–Crippen LogP) is 6.55. The number of fused-ring (bicyclic) bond motifs is 4. The van der Waals surface area contributed by atoms with Gasteiger partial charge in [0.15, 0.2) is 0 Å². The molecule has 10 nitrogen and oxygen atoms in total. The molecule has 274 valence electrons. The normalized spacial score (nSPS) is 33.0. The van der Waals surface area contributed by atoms with Crippen molar-refractivity contribution in [1.29, 1.82) is 0 Å².